The summed E-state index contributed by atoms with van der Waals surface area (Å²) in [6, 6.07) is 80.5. The lowest BCUT2D eigenvalue weighted by Gasteiger charge is -2.35. The number of aromatic nitrogens is 1. The minimum Gasteiger partial charge on any atom is -0.309 e. The van der Waals surface area contributed by atoms with Crippen molar-refractivity contribution in [2.75, 3.05) is 0 Å². The zero-order valence-electron chi connectivity index (χ0n) is 28.9. The Kier molecular flexibility index (Phi) is 8.20. The Bertz CT molecular complexity index is 2530. The maximum atomic E-state index is 5.04. The van der Waals surface area contributed by atoms with Crippen LogP contribution in [0.3, 0.4) is 0 Å². The minimum absolute atomic E-state index is 1.16. The van der Waals surface area contributed by atoms with Gasteiger partial charge in [0.05, 0.1) is 11.0 Å². The molecule has 0 saturated heterocycles. The third-order valence-electron chi connectivity index (χ3n) is 10.7. The Morgan fingerprint density at radius 2 is 0.654 bits per heavy atom. The van der Waals surface area contributed by atoms with Gasteiger partial charge in [-0.3, -0.25) is 0 Å². The predicted octanol–water partition coefficient (Wildman–Crippen LogP) is 7.89. The van der Waals surface area contributed by atoms with Crippen molar-refractivity contribution in [3.05, 3.63) is 218 Å². The highest BCUT2D eigenvalue weighted by Crippen LogP contribution is 2.41. The molecule has 0 bridgehead atoms. The first-order chi connectivity index (χ1) is 25.7. The topological polar surface area (TPSA) is 4.93 Å². The van der Waals surface area contributed by atoms with Crippen LogP contribution in [-0.2, 0) is 0 Å². The van der Waals surface area contributed by atoms with E-state index in [1.807, 2.05) is 0 Å². The van der Waals surface area contributed by atoms with Crippen LogP contribution in [0.5, 0.6) is 0 Å². The molecule has 9 rings (SSSR count). The second kappa shape index (κ2) is 13.3. The molecule has 3 heteroatoms. The van der Waals surface area contributed by atoms with Crippen molar-refractivity contribution in [1.82, 2.24) is 4.57 Å². The largest absolute Gasteiger partial charge is 0.309 e. The Morgan fingerprint density at radius 3 is 1.10 bits per heavy atom. The molecule has 248 valence electrons. The Hall–Kier alpha value is -5.92. The summed E-state index contributed by atoms with van der Waals surface area (Å²) in [4.78, 5) is 0. The van der Waals surface area contributed by atoms with Gasteiger partial charge in [-0.25, -0.2) is 0 Å². The van der Waals surface area contributed by atoms with Crippen LogP contribution in [0.1, 0.15) is 0 Å². The van der Waals surface area contributed by atoms with Gasteiger partial charge in [-0.2, -0.15) is 0 Å². The molecular weight excluding hydrogens is 662 g/mol. The van der Waals surface area contributed by atoms with Crippen molar-refractivity contribution in [2.24, 2.45) is 0 Å². The molecule has 0 fully saturated rings. The Balaban J connectivity index is 1.25. The van der Waals surface area contributed by atoms with Gasteiger partial charge in [-0.05, 0) is 67.8 Å². The van der Waals surface area contributed by atoms with Crippen molar-refractivity contribution in [2.45, 2.75) is 0 Å². The molecule has 1 heterocycles. The molecule has 0 amide bonds. The molecule has 52 heavy (non-hydrogen) atoms. The van der Waals surface area contributed by atoms with Crippen LogP contribution >= 0.6 is 6.89 Å². The third kappa shape index (κ3) is 5.15. The highest BCUT2D eigenvalue weighted by molar-refractivity contribution is 7.93. The summed E-state index contributed by atoms with van der Waals surface area (Å²) in [7, 11) is -2.77. The standard InChI is InChI=1S/C49H38NPSi/c1-51(39-18-6-2-7-19-39,40-20-8-3-9-21-40)41-32-36-45(37-33-41)52(42-22-10-4-11-23-42,43-24-12-5-13-25-43)44-34-30-38(31-35-44)50-48-28-16-14-26-46(48)47-27-15-17-29-49(47)50/h2-37H,1H2. The molecule has 0 unspecified atom stereocenters. The lowest BCUT2D eigenvalue weighted by molar-refractivity contribution is 1.18. The normalized spacial score (nSPS) is 11.9. The van der Waals surface area contributed by atoms with Crippen LogP contribution in [-0.4, -0.2) is 18.9 Å². The molecule has 0 radical (unpaired) electrons. The average Bonchev–Trinajstić information content (AvgIpc) is 3.57. The molecule has 0 N–H and O–H groups in total. The first-order valence-corrected chi connectivity index (χ1v) is 21.8. The molecule has 0 aliphatic heterocycles. The first-order valence-electron chi connectivity index (χ1n) is 17.8. The van der Waals surface area contributed by atoms with E-state index in [4.69, 9.17) is 6.30 Å². The van der Waals surface area contributed by atoms with Crippen molar-refractivity contribution >= 4 is 79.7 Å². The van der Waals surface area contributed by atoms with Gasteiger partial charge >= 0.3 is 0 Å². The molecule has 0 aliphatic rings. The van der Waals surface area contributed by atoms with Gasteiger partial charge in [0.1, 0.15) is 0 Å². The fourth-order valence-corrected chi connectivity index (χ4v) is 15.8. The summed E-state index contributed by atoms with van der Waals surface area (Å²) in [5, 5.41) is 11.8. The Labute approximate surface area is 307 Å². The van der Waals surface area contributed by atoms with E-state index < -0.39 is 15.0 Å². The molecule has 0 aliphatic carbocycles. The maximum Gasteiger partial charge on any atom is 0.179 e. The monoisotopic (exact) mass is 699 g/mol. The van der Waals surface area contributed by atoms with Crippen molar-refractivity contribution in [1.29, 1.82) is 0 Å². The molecule has 1 nitrogen and oxygen atoms in total. The smallest absolute Gasteiger partial charge is 0.179 e. The number of hydrogen-bond donors (Lipinski definition) is 0. The number of benzene rings is 8. The van der Waals surface area contributed by atoms with Crippen LogP contribution in [0.2, 0.25) is 0 Å². The number of rotatable bonds is 8. The van der Waals surface area contributed by atoms with E-state index in [2.05, 4.69) is 223 Å². The maximum absolute atomic E-state index is 5.04. The zero-order valence-corrected chi connectivity index (χ0v) is 30.8. The van der Waals surface area contributed by atoms with E-state index in [0.717, 1.165) is 5.69 Å². The van der Waals surface area contributed by atoms with E-state index in [1.165, 1.54) is 58.5 Å². The summed E-state index contributed by atoms with van der Waals surface area (Å²) in [5.74, 6) is 0. The van der Waals surface area contributed by atoms with Crippen LogP contribution in [0, 0.1) is 0 Å². The van der Waals surface area contributed by atoms with E-state index in [1.54, 1.807) is 0 Å². The van der Waals surface area contributed by atoms with Crippen LogP contribution in [0.15, 0.2) is 218 Å². The van der Waals surface area contributed by atoms with E-state index in [-0.39, 0.29) is 0 Å². The third-order valence-corrected chi connectivity index (χ3v) is 19.0. The lowest BCUT2D eigenvalue weighted by Crippen LogP contribution is -2.74. The van der Waals surface area contributed by atoms with Crippen LogP contribution in [0.25, 0.3) is 27.5 Å². The molecular formula is C49H38NPSi. The van der Waals surface area contributed by atoms with Crippen LogP contribution < -0.4 is 36.7 Å². The summed E-state index contributed by atoms with van der Waals surface area (Å²) in [6.07, 6.45) is 5.04. The number of fused-ring (bicyclic) bond motifs is 3. The molecule has 0 atom stereocenters. The molecule has 8 aromatic carbocycles. The first kappa shape index (κ1) is 32.0. The zero-order chi connectivity index (χ0) is 35.0. The number of nitrogens with zero attached hydrogens (tertiary/aromatic N) is 1. The number of para-hydroxylation sites is 2. The van der Waals surface area contributed by atoms with Crippen molar-refractivity contribution in [3.63, 3.8) is 0 Å². The summed E-state index contributed by atoms with van der Waals surface area (Å²) in [6.45, 7) is -2.13. The van der Waals surface area contributed by atoms with Gasteiger partial charge in [-0.15, -0.1) is 0 Å². The molecule has 1 aromatic heterocycles. The van der Waals surface area contributed by atoms with Crippen molar-refractivity contribution < 1.29 is 0 Å². The quantitative estimate of drug-likeness (QED) is 0.0865. The highest BCUT2D eigenvalue weighted by Gasteiger charge is 2.41. The summed E-state index contributed by atoms with van der Waals surface area (Å²) in [5.41, 5.74) is 3.61. The van der Waals surface area contributed by atoms with Crippen LogP contribution in [0.4, 0.5) is 0 Å². The second-order valence-electron chi connectivity index (χ2n) is 13.4. The van der Waals surface area contributed by atoms with Gasteiger partial charge < -0.3 is 4.57 Å². The van der Waals surface area contributed by atoms with Gasteiger partial charge in [-0.1, -0.05) is 200 Å². The molecule has 0 spiro atoms. The second-order valence-corrected chi connectivity index (χ2v) is 20.4. The van der Waals surface area contributed by atoms with E-state index >= 15 is 0 Å². The summed E-state index contributed by atoms with van der Waals surface area (Å²) < 4.78 is 2.40. The SMILES string of the molecule is C=P(c1ccccc1)(c1ccccc1)c1ccc([Si](c2ccccc2)(c2ccccc2)c2ccc(-n3c4ccccc4c4ccccc43)cc2)cc1. The fraction of sp³-hybridized carbons (Fsp3) is 0. The molecule has 9 aromatic rings. The van der Waals surface area contributed by atoms with Gasteiger partial charge in [0, 0.05) is 16.5 Å². The number of hydrogen-bond acceptors (Lipinski definition) is 0. The predicted molar refractivity (Wildman–Crippen MR) is 230 cm³/mol. The fourth-order valence-electron chi connectivity index (χ4n) is 8.22. The summed E-state index contributed by atoms with van der Waals surface area (Å²) >= 11 is 0. The van der Waals surface area contributed by atoms with E-state index in [9.17, 15) is 0 Å². The highest BCUT2D eigenvalue weighted by atomic mass is 31.2. The Morgan fingerprint density at radius 1 is 0.327 bits per heavy atom. The average molecular weight is 700 g/mol. The lowest BCUT2D eigenvalue weighted by atomic mass is 10.2. The van der Waals surface area contributed by atoms with Gasteiger partial charge in [0.25, 0.3) is 0 Å². The van der Waals surface area contributed by atoms with Gasteiger partial charge in [0.2, 0.25) is 0 Å². The molecule has 0 saturated carbocycles. The van der Waals surface area contributed by atoms with Crippen molar-refractivity contribution in [3.8, 4) is 5.69 Å². The minimum atomic E-state index is -2.77. The van der Waals surface area contributed by atoms with E-state index in [0.29, 0.717) is 0 Å². The van der Waals surface area contributed by atoms with Gasteiger partial charge in [0.15, 0.2) is 8.07 Å².